The number of aromatic carboxylic acids is 1. The summed E-state index contributed by atoms with van der Waals surface area (Å²) in [6, 6.07) is 0.989. The molecule has 1 rings (SSSR count). The number of rotatable bonds is 7. The van der Waals surface area contributed by atoms with Gasteiger partial charge in [0.05, 0.1) is 11.5 Å². The molecule has 0 aliphatic carbocycles. The summed E-state index contributed by atoms with van der Waals surface area (Å²) in [5, 5.41) is 27.7. The first-order valence-corrected chi connectivity index (χ1v) is 6.73. The number of carbonyl (C=O) groups is 1. The van der Waals surface area contributed by atoms with Crippen molar-refractivity contribution < 1.29 is 24.8 Å². The van der Waals surface area contributed by atoms with Gasteiger partial charge in [-0.25, -0.2) is 9.78 Å². The smallest absolute Gasteiger partial charge is 0.341 e. The molecule has 128 valence electrons. The van der Waals surface area contributed by atoms with E-state index in [0.717, 1.165) is 18.9 Å². The fourth-order valence-electron chi connectivity index (χ4n) is 1.68. The van der Waals surface area contributed by atoms with Gasteiger partial charge >= 0.3 is 5.97 Å². The van der Waals surface area contributed by atoms with Crippen molar-refractivity contribution in [3.05, 3.63) is 32.3 Å². The molecule has 0 amide bonds. The fourth-order valence-corrected chi connectivity index (χ4v) is 1.68. The molecule has 0 aromatic carbocycles. The van der Waals surface area contributed by atoms with Crippen LogP contribution in [0.2, 0.25) is 0 Å². The standard InChI is InChI=1S/C13H18N2O5.HNO2/c1-8(2)5-4-6-20-12-10(13(16)17)7-11(15(18)19)9(3)14-12;2-1-3/h7-8H,4-6H2,1-3H3,(H,16,17);(H,2,3). The average molecular weight is 329 g/mol. The van der Waals surface area contributed by atoms with E-state index in [1.54, 1.807) is 0 Å². The van der Waals surface area contributed by atoms with E-state index in [9.17, 15) is 14.9 Å². The molecule has 0 bridgehead atoms. The number of hydrogen-bond donors (Lipinski definition) is 2. The number of aryl methyl sites for hydroxylation is 1. The predicted octanol–water partition coefficient (Wildman–Crippen LogP) is 2.95. The van der Waals surface area contributed by atoms with E-state index in [1.807, 2.05) is 0 Å². The first-order chi connectivity index (χ1) is 10.7. The summed E-state index contributed by atoms with van der Waals surface area (Å²) in [5.74, 6) is -0.826. The van der Waals surface area contributed by atoms with E-state index in [2.05, 4.69) is 18.8 Å². The number of carboxylic acids is 1. The zero-order valence-electron chi connectivity index (χ0n) is 13.1. The summed E-state index contributed by atoms with van der Waals surface area (Å²) in [6.45, 7) is 5.95. The highest BCUT2D eigenvalue weighted by Crippen LogP contribution is 2.25. The largest absolute Gasteiger partial charge is 0.477 e. The summed E-state index contributed by atoms with van der Waals surface area (Å²) in [5.41, 5.74) is -0.470. The second-order valence-electron chi connectivity index (χ2n) is 4.97. The molecule has 0 unspecified atom stereocenters. The van der Waals surface area contributed by atoms with Gasteiger partial charge in [-0.1, -0.05) is 13.8 Å². The van der Waals surface area contributed by atoms with Crippen molar-refractivity contribution >= 4 is 11.7 Å². The zero-order chi connectivity index (χ0) is 18.0. The number of ether oxygens (including phenoxy) is 1. The van der Waals surface area contributed by atoms with Crippen LogP contribution in [0.5, 0.6) is 5.88 Å². The van der Waals surface area contributed by atoms with E-state index >= 15 is 0 Å². The number of aromatic nitrogens is 1. The Kier molecular flexibility index (Phi) is 8.82. The van der Waals surface area contributed by atoms with E-state index in [0.29, 0.717) is 12.5 Å². The Morgan fingerprint density at radius 2 is 2.09 bits per heavy atom. The van der Waals surface area contributed by atoms with E-state index in [4.69, 9.17) is 20.0 Å². The maximum Gasteiger partial charge on any atom is 0.341 e. The molecule has 10 heteroatoms. The van der Waals surface area contributed by atoms with Crippen molar-refractivity contribution in [3.8, 4) is 5.88 Å². The summed E-state index contributed by atoms with van der Waals surface area (Å²) in [4.78, 5) is 33.2. The number of nitrogens with zero attached hydrogens (tertiary/aromatic N) is 3. The Morgan fingerprint density at radius 1 is 1.52 bits per heavy atom. The third-order valence-corrected chi connectivity index (χ3v) is 2.74. The van der Waals surface area contributed by atoms with E-state index in [-0.39, 0.29) is 22.8 Å². The van der Waals surface area contributed by atoms with Gasteiger partial charge < -0.3 is 15.1 Å². The SMILES string of the molecule is Cc1nc(OCCCC(C)C)c(C(=O)O)cc1[N+](=O)[O-].O=NO. The van der Waals surface area contributed by atoms with Gasteiger partial charge in [-0.3, -0.25) is 10.1 Å². The lowest BCUT2D eigenvalue weighted by molar-refractivity contribution is -0.385. The number of hydrogen-bond acceptors (Lipinski definition) is 7. The van der Waals surface area contributed by atoms with Crippen LogP contribution in [-0.4, -0.2) is 32.8 Å². The number of pyridine rings is 1. The van der Waals surface area contributed by atoms with Gasteiger partial charge in [0.25, 0.3) is 5.69 Å². The maximum absolute atomic E-state index is 11.1. The van der Waals surface area contributed by atoms with E-state index in [1.165, 1.54) is 12.3 Å². The van der Waals surface area contributed by atoms with Crippen LogP contribution in [0, 0.1) is 27.9 Å². The fraction of sp³-hybridized carbons (Fsp3) is 0.538. The van der Waals surface area contributed by atoms with Gasteiger partial charge in [0, 0.05) is 6.07 Å². The molecular weight excluding hydrogens is 310 g/mol. The second-order valence-corrected chi connectivity index (χ2v) is 4.97. The van der Waals surface area contributed by atoms with Crippen molar-refractivity contribution in [2.75, 3.05) is 6.61 Å². The monoisotopic (exact) mass is 329 g/mol. The van der Waals surface area contributed by atoms with Crippen LogP contribution in [0.1, 0.15) is 42.7 Å². The molecule has 0 spiro atoms. The first-order valence-electron chi connectivity index (χ1n) is 6.73. The van der Waals surface area contributed by atoms with Gasteiger partial charge in [-0.05, 0) is 25.7 Å². The van der Waals surface area contributed by atoms with Gasteiger partial charge in [0.2, 0.25) is 5.88 Å². The topological polar surface area (TPSA) is 152 Å². The summed E-state index contributed by atoms with van der Waals surface area (Å²) < 4.78 is 5.35. The third-order valence-electron chi connectivity index (χ3n) is 2.74. The molecule has 0 aliphatic heterocycles. The van der Waals surface area contributed by atoms with Crippen LogP contribution in [0.25, 0.3) is 0 Å². The summed E-state index contributed by atoms with van der Waals surface area (Å²) in [6.07, 6.45) is 1.73. The molecule has 10 nitrogen and oxygen atoms in total. The molecule has 23 heavy (non-hydrogen) atoms. The van der Waals surface area contributed by atoms with Crippen molar-refractivity contribution in [1.29, 1.82) is 0 Å². The molecule has 0 saturated heterocycles. The first kappa shape index (κ1) is 20.2. The van der Waals surface area contributed by atoms with Crippen LogP contribution in [-0.2, 0) is 0 Å². The van der Waals surface area contributed by atoms with Crippen LogP contribution in [0.15, 0.2) is 11.4 Å². The Hall–Kier alpha value is -2.78. The molecule has 1 heterocycles. The Bertz CT molecular complexity index is 561. The minimum atomic E-state index is -1.29. The molecular formula is C13H19N3O7. The van der Waals surface area contributed by atoms with Crippen LogP contribution in [0.3, 0.4) is 0 Å². The van der Waals surface area contributed by atoms with Crippen molar-refractivity contribution in [2.45, 2.75) is 33.6 Å². The average Bonchev–Trinajstić information content (AvgIpc) is 2.43. The molecule has 0 saturated carbocycles. The minimum Gasteiger partial charge on any atom is -0.477 e. The lowest BCUT2D eigenvalue weighted by Crippen LogP contribution is -2.09. The van der Waals surface area contributed by atoms with Crippen molar-refractivity contribution in [2.24, 2.45) is 11.3 Å². The normalized spacial score (nSPS) is 9.74. The molecule has 1 aromatic rings. The number of nitro groups is 1. The zero-order valence-corrected chi connectivity index (χ0v) is 13.1. The summed E-state index contributed by atoms with van der Waals surface area (Å²) in [7, 11) is 0. The van der Waals surface area contributed by atoms with Crippen molar-refractivity contribution in [3.63, 3.8) is 0 Å². The van der Waals surface area contributed by atoms with E-state index < -0.39 is 10.9 Å². The lowest BCUT2D eigenvalue weighted by Gasteiger charge is -2.10. The maximum atomic E-state index is 11.1. The third kappa shape index (κ3) is 7.16. The van der Waals surface area contributed by atoms with Crippen LogP contribution in [0.4, 0.5) is 5.69 Å². The highest BCUT2D eigenvalue weighted by atomic mass is 16.6. The predicted molar refractivity (Wildman–Crippen MR) is 79.7 cm³/mol. The highest BCUT2D eigenvalue weighted by Gasteiger charge is 2.22. The Labute approximate surface area is 132 Å². The molecule has 2 N–H and O–H groups in total. The van der Waals surface area contributed by atoms with Crippen LogP contribution >= 0.6 is 0 Å². The number of carboxylic acid groups (broad SMARTS) is 1. The van der Waals surface area contributed by atoms with Gasteiger partial charge in [-0.15, -0.1) is 4.91 Å². The molecule has 0 fully saturated rings. The second kappa shape index (κ2) is 10.0. The highest BCUT2D eigenvalue weighted by molar-refractivity contribution is 5.91. The minimum absolute atomic E-state index is 0.0654. The lowest BCUT2D eigenvalue weighted by atomic mass is 10.1. The van der Waals surface area contributed by atoms with Gasteiger partial charge in [0.15, 0.2) is 5.34 Å². The quantitative estimate of drug-likeness (QED) is 0.335. The Morgan fingerprint density at radius 3 is 2.52 bits per heavy atom. The Balaban J connectivity index is 0.00000149. The summed E-state index contributed by atoms with van der Waals surface area (Å²) >= 11 is 0. The van der Waals surface area contributed by atoms with Gasteiger partial charge in [0.1, 0.15) is 11.3 Å². The molecule has 0 atom stereocenters. The van der Waals surface area contributed by atoms with Crippen molar-refractivity contribution in [1.82, 2.24) is 4.98 Å². The molecule has 0 radical (unpaired) electrons. The molecule has 1 aromatic heterocycles. The molecule has 0 aliphatic rings. The van der Waals surface area contributed by atoms with Crippen LogP contribution < -0.4 is 4.74 Å². The van der Waals surface area contributed by atoms with Gasteiger partial charge in [-0.2, -0.15) is 0 Å².